The fourth-order valence-corrected chi connectivity index (χ4v) is 3.12. The summed E-state index contributed by atoms with van der Waals surface area (Å²) in [5.41, 5.74) is 0. The highest BCUT2D eigenvalue weighted by Crippen LogP contribution is 2.20. The highest BCUT2D eigenvalue weighted by molar-refractivity contribution is 9.10. The topological polar surface area (TPSA) is 15.3 Å². The number of nitrogens with one attached hydrogen (secondary N) is 1. The van der Waals surface area contributed by atoms with E-state index >= 15 is 0 Å². The van der Waals surface area contributed by atoms with E-state index in [2.05, 4.69) is 51.6 Å². The van der Waals surface area contributed by atoms with Gasteiger partial charge in [0.15, 0.2) is 0 Å². The molecular formula is C12H21BrN2S. The Hall–Kier alpha value is 0.1000. The number of rotatable bonds is 8. The van der Waals surface area contributed by atoms with Gasteiger partial charge in [-0.2, -0.15) is 0 Å². The van der Waals surface area contributed by atoms with Gasteiger partial charge >= 0.3 is 0 Å². The first kappa shape index (κ1) is 14.2. The van der Waals surface area contributed by atoms with E-state index in [1.807, 2.05) is 11.3 Å². The zero-order valence-electron chi connectivity index (χ0n) is 10.1. The van der Waals surface area contributed by atoms with Gasteiger partial charge in [-0.05, 0) is 61.5 Å². The van der Waals surface area contributed by atoms with E-state index in [9.17, 15) is 0 Å². The van der Waals surface area contributed by atoms with Crippen LogP contribution in [0.15, 0.2) is 15.9 Å². The lowest BCUT2D eigenvalue weighted by atomic mass is 10.3. The summed E-state index contributed by atoms with van der Waals surface area (Å²) >= 11 is 5.31. The largest absolute Gasteiger partial charge is 0.317 e. The Labute approximate surface area is 111 Å². The maximum atomic E-state index is 3.49. The third-order valence-corrected chi connectivity index (χ3v) is 4.12. The molecule has 0 atom stereocenters. The van der Waals surface area contributed by atoms with Gasteiger partial charge in [0, 0.05) is 21.3 Å². The van der Waals surface area contributed by atoms with Crippen LogP contribution in [0.1, 0.15) is 24.6 Å². The molecule has 0 saturated heterocycles. The molecule has 1 rings (SSSR count). The lowest BCUT2D eigenvalue weighted by Gasteiger charge is -2.15. The molecule has 1 aromatic rings. The first-order chi connectivity index (χ1) is 7.72. The van der Waals surface area contributed by atoms with Crippen LogP contribution in [-0.4, -0.2) is 31.6 Å². The van der Waals surface area contributed by atoms with Gasteiger partial charge in [0.2, 0.25) is 0 Å². The van der Waals surface area contributed by atoms with Crippen molar-refractivity contribution in [1.29, 1.82) is 0 Å². The Morgan fingerprint density at radius 2 is 2.25 bits per heavy atom. The molecule has 0 saturated carbocycles. The van der Waals surface area contributed by atoms with E-state index < -0.39 is 0 Å². The fourth-order valence-electron chi connectivity index (χ4n) is 1.59. The van der Waals surface area contributed by atoms with E-state index in [1.54, 1.807) is 0 Å². The van der Waals surface area contributed by atoms with Crippen LogP contribution in [0.25, 0.3) is 0 Å². The molecule has 0 aromatic carbocycles. The summed E-state index contributed by atoms with van der Waals surface area (Å²) in [5.74, 6) is 0. The van der Waals surface area contributed by atoms with Crippen molar-refractivity contribution in [2.45, 2.75) is 26.3 Å². The molecule has 2 nitrogen and oxygen atoms in total. The second-order valence-electron chi connectivity index (χ2n) is 4.03. The molecular weight excluding hydrogens is 284 g/mol. The molecule has 92 valence electrons. The van der Waals surface area contributed by atoms with E-state index in [-0.39, 0.29) is 0 Å². The SMILES string of the molecule is CCNCCCCN(C)Cc1cc(Br)cs1. The van der Waals surface area contributed by atoms with Gasteiger partial charge in [-0.3, -0.25) is 0 Å². The summed E-state index contributed by atoms with van der Waals surface area (Å²) in [5, 5.41) is 5.50. The maximum absolute atomic E-state index is 3.49. The molecule has 0 aliphatic carbocycles. The molecule has 0 fully saturated rings. The number of halogens is 1. The summed E-state index contributed by atoms with van der Waals surface area (Å²) in [6.07, 6.45) is 2.54. The summed E-state index contributed by atoms with van der Waals surface area (Å²) < 4.78 is 1.20. The van der Waals surface area contributed by atoms with Gasteiger partial charge in [-0.1, -0.05) is 6.92 Å². The molecule has 1 heterocycles. The fraction of sp³-hybridized carbons (Fsp3) is 0.667. The molecule has 1 N–H and O–H groups in total. The van der Waals surface area contributed by atoms with Crippen LogP contribution in [0.2, 0.25) is 0 Å². The van der Waals surface area contributed by atoms with Crippen molar-refractivity contribution in [3.8, 4) is 0 Å². The van der Waals surface area contributed by atoms with E-state index in [0.29, 0.717) is 0 Å². The molecule has 1 aromatic heterocycles. The van der Waals surface area contributed by atoms with Gasteiger partial charge in [0.25, 0.3) is 0 Å². The molecule has 16 heavy (non-hydrogen) atoms. The number of thiophene rings is 1. The summed E-state index contributed by atoms with van der Waals surface area (Å²) in [7, 11) is 2.20. The highest BCUT2D eigenvalue weighted by Gasteiger charge is 2.02. The van der Waals surface area contributed by atoms with Crippen molar-refractivity contribution in [3.63, 3.8) is 0 Å². The first-order valence-corrected chi connectivity index (χ1v) is 7.51. The molecule has 0 unspecified atom stereocenters. The minimum absolute atomic E-state index is 1.07. The molecule has 0 bridgehead atoms. The Morgan fingerprint density at radius 1 is 1.44 bits per heavy atom. The quantitative estimate of drug-likeness (QED) is 0.741. The summed E-state index contributed by atoms with van der Waals surface area (Å²) in [6.45, 7) is 6.63. The van der Waals surface area contributed by atoms with Gasteiger partial charge < -0.3 is 10.2 Å². The first-order valence-electron chi connectivity index (χ1n) is 5.84. The van der Waals surface area contributed by atoms with Crippen LogP contribution < -0.4 is 5.32 Å². The van der Waals surface area contributed by atoms with E-state index in [4.69, 9.17) is 0 Å². The molecule has 0 aliphatic rings. The molecule has 0 aliphatic heterocycles. The van der Waals surface area contributed by atoms with Gasteiger partial charge in [0.05, 0.1) is 0 Å². The minimum atomic E-state index is 1.07. The van der Waals surface area contributed by atoms with Crippen molar-refractivity contribution in [2.75, 3.05) is 26.7 Å². The predicted octanol–water partition coefficient (Wildman–Crippen LogP) is 3.33. The molecule has 0 radical (unpaired) electrons. The van der Waals surface area contributed by atoms with Crippen LogP contribution in [0.5, 0.6) is 0 Å². The third-order valence-electron chi connectivity index (χ3n) is 2.44. The minimum Gasteiger partial charge on any atom is -0.317 e. The highest BCUT2D eigenvalue weighted by atomic mass is 79.9. The van der Waals surface area contributed by atoms with Gasteiger partial charge in [-0.15, -0.1) is 11.3 Å². The normalized spacial score (nSPS) is 11.2. The average Bonchev–Trinajstić information content (AvgIpc) is 2.63. The Balaban J connectivity index is 2.09. The molecule has 0 spiro atoms. The second kappa shape index (κ2) is 8.23. The Kier molecular flexibility index (Phi) is 7.28. The summed E-state index contributed by atoms with van der Waals surface area (Å²) in [4.78, 5) is 3.82. The van der Waals surface area contributed by atoms with Crippen LogP contribution in [0.3, 0.4) is 0 Å². The smallest absolute Gasteiger partial charge is 0.0325 e. The predicted molar refractivity (Wildman–Crippen MR) is 76.1 cm³/mol. The number of hydrogen-bond acceptors (Lipinski definition) is 3. The van der Waals surface area contributed by atoms with Crippen molar-refractivity contribution >= 4 is 27.3 Å². The monoisotopic (exact) mass is 304 g/mol. The Bertz CT molecular complexity index is 288. The zero-order chi connectivity index (χ0) is 11.8. The van der Waals surface area contributed by atoms with Crippen molar-refractivity contribution in [1.82, 2.24) is 10.2 Å². The van der Waals surface area contributed by atoms with Crippen LogP contribution >= 0.6 is 27.3 Å². The molecule has 4 heteroatoms. The van der Waals surface area contributed by atoms with Crippen LogP contribution in [0.4, 0.5) is 0 Å². The maximum Gasteiger partial charge on any atom is 0.0325 e. The average molecular weight is 305 g/mol. The lowest BCUT2D eigenvalue weighted by Crippen LogP contribution is -2.20. The van der Waals surface area contributed by atoms with Crippen molar-refractivity contribution < 1.29 is 0 Å². The van der Waals surface area contributed by atoms with Gasteiger partial charge in [-0.25, -0.2) is 0 Å². The number of unbranched alkanes of at least 4 members (excludes halogenated alkanes) is 1. The molecule has 0 amide bonds. The van der Waals surface area contributed by atoms with E-state index in [0.717, 1.165) is 19.6 Å². The van der Waals surface area contributed by atoms with Crippen molar-refractivity contribution in [2.24, 2.45) is 0 Å². The van der Waals surface area contributed by atoms with Crippen LogP contribution in [-0.2, 0) is 6.54 Å². The number of hydrogen-bond donors (Lipinski definition) is 1. The summed E-state index contributed by atoms with van der Waals surface area (Å²) in [6, 6.07) is 2.21. The lowest BCUT2D eigenvalue weighted by molar-refractivity contribution is 0.320. The van der Waals surface area contributed by atoms with Gasteiger partial charge in [0.1, 0.15) is 0 Å². The zero-order valence-corrected chi connectivity index (χ0v) is 12.5. The second-order valence-corrected chi connectivity index (χ2v) is 5.94. The third kappa shape index (κ3) is 5.99. The van der Waals surface area contributed by atoms with Crippen LogP contribution in [0, 0.1) is 0 Å². The number of nitrogens with zero attached hydrogens (tertiary/aromatic N) is 1. The Morgan fingerprint density at radius 3 is 2.88 bits per heavy atom. The van der Waals surface area contributed by atoms with Crippen molar-refractivity contribution in [3.05, 3.63) is 20.8 Å². The standard InChI is InChI=1S/C12H21BrN2S/c1-3-14-6-4-5-7-15(2)9-12-8-11(13)10-16-12/h8,10,14H,3-7,9H2,1-2H3. The van der Waals surface area contributed by atoms with E-state index in [1.165, 1.54) is 28.7 Å².